The van der Waals surface area contributed by atoms with E-state index >= 15 is 0 Å². The Bertz CT molecular complexity index is 2010. The number of aromatic nitrogens is 4. The van der Waals surface area contributed by atoms with Gasteiger partial charge in [0.2, 0.25) is 5.91 Å². The maximum Gasteiger partial charge on any atom is 0.433 e. The summed E-state index contributed by atoms with van der Waals surface area (Å²) in [7, 11) is 2.51. The van der Waals surface area contributed by atoms with Gasteiger partial charge in [0.25, 0.3) is 5.91 Å². The molecule has 0 spiro atoms. The van der Waals surface area contributed by atoms with Gasteiger partial charge in [-0.15, -0.1) is 0 Å². The largest absolute Gasteiger partial charge is 0.453 e. The molecule has 0 saturated carbocycles. The van der Waals surface area contributed by atoms with Crippen molar-refractivity contribution >= 4 is 29.7 Å². The molecule has 4 heterocycles. The van der Waals surface area contributed by atoms with Crippen molar-refractivity contribution in [1.29, 1.82) is 0 Å². The maximum absolute atomic E-state index is 13.6. The van der Waals surface area contributed by atoms with E-state index in [1.54, 1.807) is 22.2 Å². The second-order valence-electron chi connectivity index (χ2n) is 14.6. The molecule has 2 aliphatic heterocycles. The number of nitrogens with one attached hydrogen (secondary N) is 3. The summed E-state index contributed by atoms with van der Waals surface area (Å²) in [5.41, 5.74) is 2.96. The summed E-state index contributed by atoms with van der Waals surface area (Å²) in [6.45, 7) is 12.6. The quantitative estimate of drug-likeness (QED) is 0.225. The molecule has 3 aromatic rings. The maximum atomic E-state index is 13.6. The summed E-state index contributed by atoms with van der Waals surface area (Å²) in [5.74, 6) is 13.5. The van der Waals surface area contributed by atoms with E-state index in [-0.39, 0.29) is 53.3 Å². The predicted molar refractivity (Wildman–Crippen MR) is 201 cm³/mol. The van der Waals surface area contributed by atoms with Crippen molar-refractivity contribution in [2.24, 2.45) is 28.7 Å². The molecule has 0 unspecified atom stereocenters. The van der Waals surface area contributed by atoms with Gasteiger partial charge in [0.05, 0.1) is 38.7 Å². The Hall–Kier alpha value is -5.89. The van der Waals surface area contributed by atoms with Gasteiger partial charge in [-0.3, -0.25) is 9.59 Å². The van der Waals surface area contributed by atoms with Crippen molar-refractivity contribution < 1.29 is 28.7 Å². The molecule has 1 aromatic carbocycles. The van der Waals surface area contributed by atoms with Crippen molar-refractivity contribution in [1.82, 2.24) is 35.1 Å². The fourth-order valence-electron chi connectivity index (χ4n) is 6.73. The first-order valence-corrected chi connectivity index (χ1v) is 18.1. The fourth-order valence-corrected chi connectivity index (χ4v) is 6.73. The smallest absolute Gasteiger partial charge is 0.433 e. The van der Waals surface area contributed by atoms with Gasteiger partial charge in [-0.25, -0.2) is 19.6 Å². The highest BCUT2D eigenvalue weighted by Crippen LogP contribution is 2.36. The number of rotatable bonds is 7. The van der Waals surface area contributed by atoms with Crippen LogP contribution in [0.1, 0.15) is 101 Å². The number of alkyl carbamates (subject to hydrolysis) is 1. The third-order valence-electron chi connectivity index (χ3n) is 9.50. The van der Waals surface area contributed by atoms with Crippen LogP contribution in [0.3, 0.4) is 0 Å². The first-order valence-electron chi connectivity index (χ1n) is 18.1. The molecule has 14 nitrogen and oxygen atoms in total. The molecular weight excluding hydrogens is 688 g/mol. The van der Waals surface area contributed by atoms with E-state index in [4.69, 9.17) is 4.74 Å². The number of nitrogens with zero attached hydrogens (tertiary/aromatic N) is 5. The first-order chi connectivity index (χ1) is 25.8. The number of hydrogen-bond donors (Lipinski definition) is 3. The summed E-state index contributed by atoms with van der Waals surface area (Å²) < 4.78 is 9.41. The summed E-state index contributed by atoms with van der Waals surface area (Å²) in [4.78, 5) is 73.9. The van der Waals surface area contributed by atoms with Crippen LogP contribution in [0.2, 0.25) is 0 Å². The molecule has 284 valence electrons. The topological polar surface area (TPSA) is 175 Å². The van der Waals surface area contributed by atoms with Gasteiger partial charge in [0.1, 0.15) is 34.8 Å². The first kappa shape index (κ1) is 39.3. The van der Waals surface area contributed by atoms with E-state index in [1.807, 2.05) is 52.0 Å². The van der Waals surface area contributed by atoms with Crippen LogP contribution in [-0.4, -0.2) is 92.8 Å². The van der Waals surface area contributed by atoms with Gasteiger partial charge in [-0.2, -0.15) is 4.99 Å². The molecule has 2 aliphatic rings. The van der Waals surface area contributed by atoms with Crippen LogP contribution in [-0.2, 0) is 19.1 Å². The SMILES string of the molecule is COC(=O)/N=C(/C(=O)N1C[C@H](C)C[C@H]1c1ncc(C#Cc2ccc(C#Cc3cnc([C@@H]4C[C@@H](C)CN4C(=O)[C@@H](NC(=O)OC)C(C)C)[nH]3)cc2)[nH]1)C(C)C. The van der Waals surface area contributed by atoms with E-state index in [0.717, 1.165) is 17.5 Å². The summed E-state index contributed by atoms with van der Waals surface area (Å²) >= 11 is 0. The van der Waals surface area contributed by atoms with Gasteiger partial charge >= 0.3 is 12.2 Å². The van der Waals surface area contributed by atoms with Crippen LogP contribution in [0.5, 0.6) is 0 Å². The highest BCUT2D eigenvalue weighted by atomic mass is 16.5. The van der Waals surface area contributed by atoms with Gasteiger partial charge in [-0.05, 0) is 66.7 Å². The van der Waals surface area contributed by atoms with Crippen LogP contribution in [0.15, 0.2) is 41.7 Å². The molecule has 0 bridgehead atoms. The van der Waals surface area contributed by atoms with Crippen LogP contribution < -0.4 is 5.32 Å². The number of H-pyrrole nitrogens is 2. The van der Waals surface area contributed by atoms with Crippen molar-refractivity contribution in [3.63, 3.8) is 0 Å². The van der Waals surface area contributed by atoms with E-state index < -0.39 is 18.2 Å². The summed E-state index contributed by atoms with van der Waals surface area (Å²) in [5, 5.41) is 2.68. The van der Waals surface area contributed by atoms with Crippen LogP contribution in [0.4, 0.5) is 9.59 Å². The molecule has 14 heteroatoms. The van der Waals surface area contributed by atoms with Crippen LogP contribution in [0.25, 0.3) is 0 Å². The average Bonchev–Trinajstić information content (AvgIpc) is 3.97. The Labute approximate surface area is 315 Å². The number of methoxy groups -OCH3 is 2. The molecule has 0 aliphatic carbocycles. The highest BCUT2D eigenvalue weighted by Gasteiger charge is 2.40. The molecule has 2 saturated heterocycles. The highest BCUT2D eigenvalue weighted by molar-refractivity contribution is 6.40. The molecule has 2 fully saturated rings. The number of carbonyl (C=O) groups is 4. The second kappa shape index (κ2) is 17.3. The van der Waals surface area contributed by atoms with Crippen LogP contribution in [0, 0.1) is 47.4 Å². The average molecular weight is 737 g/mol. The molecule has 54 heavy (non-hydrogen) atoms. The monoisotopic (exact) mass is 736 g/mol. The minimum atomic E-state index is -0.802. The van der Waals surface area contributed by atoms with E-state index in [2.05, 4.69) is 72.5 Å². The number of hydrogen-bond acceptors (Lipinski definition) is 8. The number of imidazole rings is 2. The number of benzene rings is 1. The zero-order chi connectivity index (χ0) is 39.1. The predicted octanol–water partition coefficient (Wildman–Crippen LogP) is 5.00. The molecule has 3 N–H and O–H groups in total. The van der Waals surface area contributed by atoms with Gasteiger partial charge in [-0.1, -0.05) is 53.4 Å². The Kier molecular flexibility index (Phi) is 12.6. The summed E-state index contributed by atoms with van der Waals surface area (Å²) in [6.07, 6.45) is 3.33. The van der Waals surface area contributed by atoms with E-state index in [1.165, 1.54) is 14.2 Å². The molecule has 0 radical (unpaired) electrons. The minimum Gasteiger partial charge on any atom is -0.453 e. The minimum absolute atomic E-state index is 0.126. The fraction of sp³-hybridized carbons (Fsp3) is 0.475. The lowest BCUT2D eigenvalue weighted by molar-refractivity contribution is -0.135. The lowest BCUT2D eigenvalue weighted by Gasteiger charge is -2.30. The van der Waals surface area contributed by atoms with Gasteiger partial charge < -0.3 is 34.6 Å². The Morgan fingerprint density at radius 2 is 1.30 bits per heavy atom. The Morgan fingerprint density at radius 3 is 1.76 bits per heavy atom. The molecule has 4 amide bonds. The molecule has 5 rings (SSSR count). The number of aromatic amines is 2. The summed E-state index contributed by atoms with van der Waals surface area (Å²) in [6, 6.07) is 6.27. The normalized spacial score (nSPS) is 20.2. The van der Waals surface area contributed by atoms with Crippen molar-refractivity contribution in [3.05, 3.63) is 70.8 Å². The Balaban J connectivity index is 1.24. The number of likely N-dealkylation sites (tertiary alicyclic amines) is 2. The lowest BCUT2D eigenvalue weighted by Crippen LogP contribution is -2.51. The zero-order valence-electron chi connectivity index (χ0n) is 32.0. The van der Waals surface area contributed by atoms with Crippen molar-refractivity contribution in [3.8, 4) is 23.7 Å². The third kappa shape index (κ3) is 9.36. The van der Waals surface area contributed by atoms with E-state index in [9.17, 15) is 19.2 Å². The van der Waals surface area contributed by atoms with Gasteiger partial charge in [0, 0.05) is 30.1 Å². The van der Waals surface area contributed by atoms with E-state index in [0.29, 0.717) is 42.5 Å². The molecule has 5 atom stereocenters. The molecular formula is C40H48N8O6. The lowest BCUT2D eigenvalue weighted by atomic mass is 10.0. The van der Waals surface area contributed by atoms with Crippen molar-refractivity contribution in [2.75, 3.05) is 27.3 Å². The van der Waals surface area contributed by atoms with Crippen LogP contribution >= 0.6 is 0 Å². The third-order valence-corrected chi connectivity index (χ3v) is 9.50. The standard InChI is InChI=1S/C40H48N8O6/c1-23(2)33(45-39(51)53-7)37(49)47-21-25(5)17-31(47)35-41-19-29(43-35)15-13-27-9-11-28(12-10-27)14-16-30-20-42-36(44-30)32-18-26(6)22-48(32)38(50)34(24(3)4)46-40(52)54-8/h9-12,19-20,23-26,31-33H,17-18,21-22H2,1-8H3,(H,41,43)(H,42,44)(H,45,51)/b46-34+/t25-,26-,31+,32+,33+/m1/s1. The van der Waals surface area contributed by atoms with Crippen molar-refractivity contribution in [2.45, 2.75) is 72.5 Å². The van der Waals surface area contributed by atoms with Gasteiger partial charge in [0.15, 0.2) is 0 Å². The molecule has 2 aromatic heterocycles. The number of carbonyl (C=O) groups excluding carboxylic acids is 4. The number of aliphatic imine (C=N–C) groups is 1. The number of ether oxygens (including phenoxy) is 2. The number of amides is 4. The second-order valence-corrected chi connectivity index (χ2v) is 14.6. The Morgan fingerprint density at radius 1 is 0.796 bits per heavy atom. The zero-order valence-corrected chi connectivity index (χ0v) is 32.0.